The topological polar surface area (TPSA) is 50.7 Å². The Hall–Kier alpha value is -1.10. The number of aryl methyl sites for hydroxylation is 1. The summed E-state index contributed by atoms with van der Waals surface area (Å²) in [6, 6.07) is 5.98. The first-order chi connectivity index (χ1) is 8.74. The summed E-state index contributed by atoms with van der Waals surface area (Å²) < 4.78 is 10.4. The number of rotatable bonds is 6. The SMILES string of the molecule is COCC(CNC1CCc2cc(O)ccc21)OC. The molecule has 1 aliphatic carbocycles. The zero-order chi connectivity index (χ0) is 13.0. The van der Waals surface area contributed by atoms with Crippen molar-refractivity contribution in [2.75, 3.05) is 27.4 Å². The minimum atomic E-state index is 0.0798. The standard InChI is InChI=1S/C14H21NO3/c1-17-9-12(18-2)8-15-14-6-3-10-7-11(16)4-5-13(10)14/h4-5,7,12,14-16H,3,6,8-9H2,1-2H3. The molecule has 2 N–H and O–H groups in total. The average Bonchev–Trinajstić information content (AvgIpc) is 2.76. The van der Waals surface area contributed by atoms with Crippen LogP contribution in [0.3, 0.4) is 0 Å². The summed E-state index contributed by atoms with van der Waals surface area (Å²) in [6.45, 7) is 1.37. The van der Waals surface area contributed by atoms with Gasteiger partial charge in [0.15, 0.2) is 0 Å². The van der Waals surface area contributed by atoms with Crippen molar-refractivity contribution < 1.29 is 14.6 Å². The molecule has 0 radical (unpaired) electrons. The second-order valence-electron chi connectivity index (χ2n) is 4.70. The fraction of sp³-hybridized carbons (Fsp3) is 0.571. The predicted octanol–water partition coefficient (Wildman–Crippen LogP) is 1.63. The molecule has 2 rings (SSSR count). The molecule has 0 fully saturated rings. The van der Waals surface area contributed by atoms with Crippen LogP contribution >= 0.6 is 0 Å². The molecule has 0 bridgehead atoms. The van der Waals surface area contributed by atoms with Gasteiger partial charge in [0.25, 0.3) is 0 Å². The molecular weight excluding hydrogens is 230 g/mol. The molecule has 1 aliphatic rings. The molecule has 100 valence electrons. The second-order valence-corrected chi connectivity index (χ2v) is 4.70. The number of phenols is 1. The highest BCUT2D eigenvalue weighted by Crippen LogP contribution is 2.33. The predicted molar refractivity (Wildman–Crippen MR) is 69.8 cm³/mol. The van der Waals surface area contributed by atoms with E-state index in [-0.39, 0.29) is 6.10 Å². The van der Waals surface area contributed by atoms with Crippen LogP contribution in [0.25, 0.3) is 0 Å². The van der Waals surface area contributed by atoms with Gasteiger partial charge in [-0.2, -0.15) is 0 Å². The lowest BCUT2D eigenvalue weighted by molar-refractivity contribution is 0.0273. The molecular formula is C14H21NO3. The molecule has 0 saturated carbocycles. The molecule has 1 aromatic rings. The van der Waals surface area contributed by atoms with Gasteiger partial charge in [-0.1, -0.05) is 6.07 Å². The number of methoxy groups -OCH3 is 2. The molecule has 0 amide bonds. The summed E-state index contributed by atoms with van der Waals surface area (Å²) in [5.74, 6) is 0.351. The number of aromatic hydroxyl groups is 1. The van der Waals surface area contributed by atoms with Gasteiger partial charge >= 0.3 is 0 Å². The van der Waals surface area contributed by atoms with Crippen LogP contribution in [-0.4, -0.2) is 38.6 Å². The number of phenolic OH excluding ortho intramolecular Hbond substituents is 1. The highest BCUT2D eigenvalue weighted by molar-refractivity contribution is 5.39. The zero-order valence-electron chi connectivity index (χ0n) is 11.0. The van der Waals surface area contributed by atoms with Gasteiger partial charge in [-0.25, -0.2) is 0 Å². The van der Waals surface area contributed by atoms with Crippen molar-refractivity contribution in [3.05, 3.63) is 29.3 Å². The lowest BCUT2D eigenvalue weighted by Gasteiger charge is -2.19. The monoisotopic (exact) mass is 251 g/mol. The van der Waals surface area contributed by atoms with E-state index in [0.29, 0.717) is 18.4 Å². The Balaban J connectivity index is 1.93. The maximum atomic E-state index is 9.45. The van der Waals surface area contributed by atoms with Gasteiger partial charge in [0.2, 0.25) is 0 Å². The summed E-state index contributed by atoms with van der Waals surface area (Å²) in [5, 5.41) is 13.0. The van der Waals surface area contributed by atoms with Crippen LogP contribution in [0.4, 0.5) is 0 Å². The van der Waals surface area contributed by atoms with Gasteiger partial charge in [0.1, 0.15) is 5.75 Å². The highest BCUT2D eigenvalue weighted by atomic mass is 16.5. The molecule has 4 heteroatoms. The zero-order valence-corrected chi connectivity index (χ0v) is 11.0. The Bertz CT molecular complexity index is 395. The van der Waals surface area contributed by atoms with Crippen molar-refractivity contribution in [2.24, 2.45) is 0 Å². The smallest absolute Gasteiger partial charge is 0.115 e. The third kappa shape index (κ3) is 3.02. The van der Waals surface area contributed by atoms with Crippen molar-refractivity contribution >= 4 is 0 Å². The maximum Gasteiger partial charge on any atom is 0.115 e. The third-order valence-corrected chi connectivity index (χ3v) is 3.48. The molecule has 4 nitrogen and oxygen atoms in total. The van der Waals surface area contributed by atoms with Crippen molar-refractivity contribution in [1.82, 2.24) is 5.32 Å². The summed E-state index contributed by atoms with van der Waals surface area (Å²) in [7, 11) is 3.38. The normalized spacial score (nSPS) is 19.8. The van der Waals surface area contributed by atoms with E-state index in [2.05, 4.69) is 5.32 Å². The van der Waals surface area contributed by atoms with Gasteiger partial charge in [-0.3, -0.25) is 0 Å². The van der Waals surface area contributed by atoms with Crippen LogP contribution in [0.5, 0.6) is 5.75 Å². The highest BCUT2D eigenvalue weighted by Gasteiger charge is 2.23. The molecule has 0 aliphatic heterocycles. The number of ether oxygens (including phenoxy) is 2. The average molecular weight is 251 g/mol. The Morgan fingerprint density at radius 3 is 3.00 bits per heavy atom. The number of nitrogens with one attached hydrogen (secondary N) is 1. The van der Waals surface area contributed by atoms with Crippen LogP contribution in [-0.2, 0) is 15.9 Å². The fourth-order valence-corrected chi connectivity index (χ4v) is 2.49. The maximum absolute atomic E-state index is 9.45. The van der Waals surface area contributed by atoms with Gasteiger partial charge < -0.3 is 19.9 Å². The molecule has 2 atom stereocenters. The molecule has 0 spiro atoms. The summed E-state index contributed by atoms with van der Waals surface area (Å²) >= 11 is 0. The van der Waals surface area contributed by atoms with E-state index in [9.17, 15) is 5.11 Å². The van der Waals surface area contributed by atoms with E-state index >= 15 is 0 Å². The Morgan fingerprint density at radius 2 is 2.28 bits per heavy atom. The van der Waals surface area contributed by atoms with Crippen molar-refractivity contribution in [3.63, 3.8) is 0 Å². The minimum Gasteiger partial charge on any atom is -0.508 e. The van der Waals surface area contributed by atoms with Crippen LogP contribution in [0, 0.1) is 0 Å². The number of fused-ring (bicyclic) bond motifs is 1. The number of hydrogen-bond donors (Lipinski definition) is 2. The lowest BCUT2D eigenvalue weighted by Crippen LogP contribution is -2.33. The first kappa shape index (κ1) is 13.3. The van der Waals surface area contributed by atoms with E-state index in [1.165, 1.54) is 11.1 Å². The van der Waals surface area contributed by atoms with E-state index in [4.69, 9.17) is 9.47 Å². The van der Waals surface area contributed by atoms with Gasteiger partial charge in [-0.15, -0.1) is 0 Å². The number of hydrogen-bond acceptors (Lipinski definition) is 4. The van der Waals surface area contributed by atoms with Crippen LogP contribution in [0.2, 0.25) is 0 Å². The van der Waals surface area contributed by atoms with E-state index in [0.717, 1.165) is 19.4 Å². The van der Waals surface area contributed by atoms with E-state index < -0.39 is 0 Å². The van der Waals surface area contributed by atoms with Crippen LogP contribution < -0.4 is 5.32 Å². The Kier molecular flexibility index (Phi) is 4.58. The van der Waals surface area contributed by atoms with Crippen molar-refractivity contribution in [1.29, 1.82) is 0 Å². The largest absolute Gasteiger partial charge is 0.508 e. The molecule has 0 saturated heterocycles. The molecule has 18 heavy (non-hydrogen) atoms. The Labute approximate surface area is 108 Å². The van der Waals surface area contributed by atoms with Gasteiger partial charge in [0, 0.05) is 26.8 Å². The first-order valence-electron chi connectivity index (χ1n) is 6.31. The third-order valence-electron chi connectivity index (χ3n) is 3.48. The number of benzene rings is 1. The van der Waals surface area contributed by atoms with E-state index in [1.807, 2.05) is 12.1 Å². The van der Waals surface area contributed by atoms with Crippen molar-refractivity contribution in [2.45, 2.75) is 25.0 Å². The molecule has 0 heterocycles. The van der Waals surface area contributed by atoms with Crippen LogP contribution in [0.15, 0.2) is 18.2 Å². The van der Waals surface area contributed by atoms with Gasteiger partial charge in [0.05, 0.1) is 12.7 Å². The summed E-state index contributed by atoms with van der Waals surface area (Å²) in [5.41, 5.74) is 2.54. The molecule has 1 aromatic carbocycles. The summed E-state index contributed by atoms with van der Waals surface area (Å²) in [6.07, 6.45) is 2.17. The summed E-state index contributed by atoms with van der Waals surface area (Å²) in [4.78, 5) is 0. The van der Waals surface area contributed by atoms with Gasteiger partial charge in [-0.05, 0) is 36.1 Å². The second kappa shape index (κ2) is 6.18. The van der Waals surface area contributed by atoms with Crippen molar-refractivity contribution in [3.8, 4) is 5.75 Å². The molecule has 2 unspecified atom stereocenters. The van der Waals surface area contributed by atoms with Crippen LogP contribution in [0.1, 0.15) is 23.6 Å². The molecule has 0 aromatic heterocycles. The quantitative estimate of drug-likeness (QED) is 0.807. The fourth-order valence-electron chi connectivity index (χ4n) is 2.49. The minimum absolute atomic E-state index is 0.0798. The Morgan fingerprint density at radius 1 is 1.44 bits per heavy atom. The lowest BCUT2D eigenvalue weighted by atomic mass is 10.1. The first-order valence-corrected chi connectivity index (χ1v) is 6.31. The van der Waals surface area contributed by atoms with E-state index in [1.54, 1.807) is 20.3 Å².